The van der Waals surface area contributed by atoms with Gasteiger partial charge in [0, 0.05) is 11.8 Å². The molecule has 0 saturated heterocycles. The van der Waals surface area contributed by atoms with Crippen LogP contribution in [0.4, 0.5) is 0 Å². The molecule has 0 bridgehead atoms. The van der Waals surface area contributed by atoms with Gasteiger partial charge in [0.05, 0.1) is 11.3 Å². The molecule has 1 aromatic carbocycles. The van der Waals surface area contributed by atoms with Crippen molar-refractivity contribution in [2.24, 2.45) is 5.73 Å². The molecule has 1 aliphatic rings. The molecular formula is C13H11ClN2O2. The van der Waals surface area contributed by atoms with Crippen molar-refractivity contribution in [2.45, 2.75) is 5.72 Å². The van der Waals surface area contributed by atoms with Crippen molar-refractivity contribution in [3.05, 3.63) is 65.2 Å². The fourth-order valence-electron chi connectivity index (χ4n) is 1.99. The van der Waals surface area contributed by atoms with Gasteiger partial charge in [-0.15, -0.1) is 0 Å². The second-order valence-corrected chi connectivity index (χ2v) is 4.38. The summed E-state index contributed by atoms with van der Waals surface area (Å²) in [6, 6.07) is 11.3. The van der Waals surface area contributed by atoms with Crippen LogP contribution >= 0.6 is 11.6 Å². The van der Waals surface area contributed by atoms with Crippen LogP contribution in [0, 0.1) is 0 Å². The molecule has 2 aromatic rings. The van der Waals surface area contributed by atoms with Crippen molar-refractivity contribution in [3.63, 3.8) is 0 Å². The Bertz CT molecular complexity index is 594. The predicted molar refractivity (Wildman–Crippen MR) is 68.2 cm³/mol. The van der Waals surface area contributed by atoms with Crippen molar-refractivity contribution in [2.75, 3.05) is 0 Å². The van der Waals surface area contributed by atoms with Gasteiger partial charge >= 0.3 is 0 Å². The number of furan rings is 1. The zero-order valence-electron chi connectivity index (χ0n) is 9.39. The van der Waals surface area contributed by atoms with Crippen molar-refractivity contribution in [1.82, 2.24) is 5.48 Å². The molecule has 1 unspecified atom stereocenters. The minimum atomic E-state index is -1.22. The second kappa shape index (κ2) is 4.17. The molecule has 0 radical (unpaired) electrons. The maximum absolute atomic E-state index is 6.27. The SMILES string of the molecule is NC1(c2occc2Cl)ONC=C1c1ccccc1. The standard InChI is InChI=1S/C13H11ClN2O2/c14-11-6-7-17-12(11)13(15)10(8-16-18-13)9-4-2-1-3-5-9/h1-8,16H,15H2. The first-order chi connectivity index (χ1) is 8.72. The van der Waals surface area contributed by atoms with Crippen LogP contribution in [0.5, 0.6) is 0 Å². The summed E-state index contributed by atoms with van der Waals surface area (Å²) in [5, 5.41) is 0.433. The summed E-state index contributed by atoms with van der Waals surface area (Å²) in [6.07, 6.45) is 3.19. The first-order valence-corrected chi connectivity index (χ1v) is 5.81. The molecule has 3 rings (SSSR count). The molecule has 1 aliphatic heterocycles. The van der Waals surface area contributed by atoms with E-state index in [0.717, 1.165) is 11.1 Å². The van der Waals surface area contributed by atoms with E-state index in [2.05, 4.69) is 5.48 Å². The van der Waals surface area contributed by atoms with Gasteiger partial charge in [0.1, 0.15) is 0 Å². The van der Waals surface area contributed by atoms with Gasteiger partial charge in [-0.05, 0) is 11.6 Å². The largest absolute Gasteiger partial charge is 0.463 e. The maximum atomic E-state index is 6.27. The minimum absolute atomic E-state index is 0.379. The maximum Gasteiger partial charge on any atom is 0.231 e. The molecule has 0 aliphatic carbocycles. The van der Waals surface area contributed by atoms with Gasteiger partial charge in [-0.3, -0.25) is 11.2 Å². The van der Waals surface area contributed by atoms with E-state index in [1.165, 1.54) is 6.26 Å². The van der Waals surface area contributed by atoms with E-state index in [4.69, 9.17) is 26.6 Å². The zero-order valence-corrected chi connectivity index (χ0v) is 10.1. The van der Waals surface area contributed by atoms with E-state index >= 15 is 0 Å². The molecule has 3 N–H and O–H groups in total. The van der Waals surface area contributed by atoms with Crippen molar-refractivity contribution in [3.8, 4) is 0 Å². The molecule has 92 valence electrons. The summed E-state index contributed by atoms with van der Waals surface area (Å²) < 4.78 is 5.34. The average molecular weight is 263 g/mol. The van der Waals surface area contributed by atoms with Gasteiger partial charge < -0.3 is 4.42 Å². The molecule has 18 heavy (non-hydrogen) atoms. The summed E-state index contributed by atoms with van der Waals surface area (Å²) in [4.78, 5) is 5.39. The molecule has 0 saturated carbocycles. The quantitative estimate of drug-likeness (QED) is 0.873. The van der Waals surface area contributed by atoms with E-state index in [9.17, 15) is 0 Å². The Morgan fingerprint density at radius 2 is 1.94 bits per heavy atom. The van der Waals surface area contributed by atoms with Gasteiger partial charge in [0.2, 0.25) is 5.72 Å². The Labute approximate surface area is 109 Å². The smallest absolute Gasteiger partial charge is 0.231 e. The number of hydrogen-bond acceptors (Lipinski definition) is 4. The molecule has 1 atom stereocenters. The van der Waals surface area contributed by atoms with E-state index < -0.39 is 5.72 Å². The van der Waals surface area contributed by atoms with Gasteiger partial charge in [-0.2, -0.15) is 0 Å². The van der Waals surface area contributed by atoms with E-state index in [1.54, 1.807) is 12.3 Å². The molecule has 4 nitrogen and oxygen atoms in total. The van der Waals surface area contributed by atoms with Crippen LogP contribution < -0.4 is 11.2 Å². The molecule has 5 heteroatoms. The number of rotatable bonds is 2. The van der Waals surface area contributed by atoms with Crippen molar-refractivity contribution >= 4 is 17.2 Å². The highest BCUT2D eigenvalue weighted by Crippen LogP contribution is 2.40. The highest BCUT2D eigenvalue weighted by Gasteiger charge is 2.42. The normalized spacial score (nSPS) is 22.7. The highest BCUT2D eigenvalue weighted by atomic mass is 35.5. The third kappa shape index (κ3) is 1.62. The van der Waals surface area contributed by atoms with E-state index in [1.807, 2.05) is 30.3 Å². The Morgan fingerprint density at radius 3 is 2.61 bits per heavy atom. The lowest BCUT2D eigenvalue weighted by Gasteiger charge is -2.23. The molecule has 1 aromatic heterocycles. The third-order valence-electron chi connectivity index (χ3n) is 2.86. The number of hydrogen-bond donors (Lipinski definition) is 2. The lowest BCUT2D eigenvalue weighted by atomic mass is 9.95. The molecular weight excluding hydrogens is 252 g/mol. The monoisotopic (exact) mass is 262 g/mol. The Hall–Kier alpha value is -1.75. The van der Waals surface area contributed by atoms with Crippen molar-refractivity contribution in [1.29, 1.82) is 0 Å². The fourth-order valence-corrected chi connectivity index (χ4v) is 2.22. The number of hydroxylamine groups is 1. The number of nitrogens with one attached hydrogen (secondary N) is 1. The fraction of sp³-hybridized carbons (Fsp3) is 0.0769. The van der Waals surface area contributed by atoms with Crippen LogP contribution in [-0.2, 0) is 10.6 Å². The topological polar surface area (TPSA) is 60.4 Å². The predicted octanol–water partition coefficient (Wildman–Crippen LogP) is 2.62. The van der Waals surface area contributed by atoms with Crippen LogP contribution in [0.2, 0.25) is 5.02 Å². The highest BCUT2D eigenvalue weighted by molar-refractivity contribution is 6.31. The summed E-state index contributed by atoms with van der Waals surface area (Å²) in [6.45, 7) is 0. The Balaban J connectivity index is 2.09. The van der Waals surface area contributed by atoms with E-state index in [-0.39, 0.29) is 0 Å². The van der Waals surface area contributed by atoms with Crippen LogP contribution in [0.1, 0.15) is 11.3 Å². The second-order valence-electron chi connectivity index (χ2n) is 3.98. The van der Waals surface area contributed by atoms with Crippen LogP contribution in [0.15, 0.2) is 53.3 Å². The summed E-state index contributed by atoms with van der Waals surface area (Å²) in [7, 11) is 0. The first kappa shape index (κ1) is 11.3. The summed E-state index contributed by atoms with van der Waals surface area (Å²) in [5.74, 6) is 0.379. The van der Waals surface area contributed by atoms with Crippen LogP contribution in [0.25, 0.3) is 5.57 Å². The van der Waals surface area contributed by atoms with Crippen LogP contribution in [-0.4, -0.2) is 0 Å². The van der Waals surface area contributed by atoms with Crippen LogP contribution in [0.3, 0.4) is 0 Å². The average Bonchev–Trinajstić information content (AvgIpc) is 2.97. The Morgan fingerprint density at radius 1 is 1.17 bits per heavy atom. The first-order valence-electron chi connectivity index (χ1n) is 5.44. The lowest BCUT2D eigenvalue weighted by molar-refractivity contribution is -0.0442. The van der Waals surface area contributed by atoms with Gasteiger partial charge in [0.15, 0.2) is 5.76 Å². The van der Waals surface area contributed by atoms with Crippen molar-refractivity contribution < 1.29 is 9.25 Å². The van der Waals surface area contributed by atoms with E-state index in [0.29, 0.717) is 10.8 Å². The molecule has 0 spiro atoms. The Kier molecular flexibility index (Phi) is 2.63. The molecule has 2 heterocycles. The van der Waals surface area contributed by atoms with Gasteiger partial charge in [-0.1, -0.05) is 41.9 Å². The zero-order chi connectivity index (χ0) is 12.6. The van der Waals surface area contributed by atoms with Gasteiger partial charge in [0.25, 0.3) is 0 Å². The summed E-state index contributed by atoms with van der Waals surface area (Å²) >= 11 is 6.05. The minimum Gasteiger partial charge on any atom is -0.463 e. The number of halogens is 1. The molecule has 0 amide bonds. The molecule has 0 fully saturated rings. The summed E-state index contributed by atoms with van der Waals surface area (Å²) in [5.41, 5.74) is 9.43. The third-order valence-corrected chi connectivity index (χ3v) is 3.16. The number of nitrogens with two attached hydrogens (primary N) is 1. The van der Waals surface area contributed by atoms with Gasteiger partial charge in [-0.25, -0.2) is 4.84 Å². The number of benzene rings is 1. The lowest BCUT2D eigenvalue weighted by Crippen LogP contribution is -2.39.